The van der Waals surface area contributed by atoms with Crippen molar-refractivity contribution in [1.82, 2.24) is 10.1 Å². The van der Waals surface area contributed by atoms with Crippen LogP contribution in [0.5, 0.6) is 0 Å². The Morgan fingerprint density at radius 1 is 1.20 bits per heavy atom. The molecule has 108 valence electrons. The number of nitrogens with two attached hydrogens (primary N) is 1. The molecule has 2 N–H and O–H groups in total. The van der Waals surface area contributed by atoms with Crippen molar-refractivity contribution < 1.29 is 12.9 Å². The summed E-state index contributed by atoms with van der Waals surface area (Å²) in [7, 11) is -3.21. The molecule has 0 bridgehead atoms. The van der Waals surface area contributed by atoms with Crippen molar-refractivity contribution in [3.8, 4) is 11.5 Å². The van der Waals surface area contributed by atoms with E-state index in [-0.39, 0.29) is 16.9 Å². The van der Waals surface area contributed by atoms with Crippen LogP contribution < -0.4 is 5.73 Å². The van der Waals surface area contributed by atoms with Gasteiger partial charge in [0, 0.05) is 11.8 Å². The lowest BCUT2D eigenvalue weighted by molar-refractivity contribution is 0.400. The minimum atomic E-state index is -3.21. The van der Waals surface area contributed by atoms with Gasteiger partial charge in [-0.1, -0.05) is 19.0 Å². The molecule has 7 heteroatoms. The summed E-state index contributed by atoms with van der Waals surface area (Å²) in [5.41, 5.74) is 6.61. The number of nitrogens with zero attached hydrogens (tertiary/aromatic N) is 2. The largest absolute Gasteiger partial charge is 0.334 e. The lowest BCUT2D eigenvalue weighted by atomic mass is 10.1. The number of benzene rings is 1. The monoisotopic (exact) mass is 295 g/mol. The summed E-state index contributed by atoms with van der Waals surface area (Å²) in [6, 6.07) is 6.00. The molecule has 20 heavy (non-hydrogen) atoms. The van der Waals surface area contributed by atoms with Gasteiger partial charge in [-0.15, -0.1) is 0 Å². The summed E-state index contributed by atoms with van der Waals surface area (Å²) in [4.78, 5) is 4.49. The Labute approximate surface area is 117 Å². The summed E-state index contributed by atoms with van der Waals surface area (Å²) in [6.45, 7) is 3.95. The molecule has 0 aliphatic rings. The number of hydrogen-bond acceptors (Lipinski definition) is 6. The van der Waals surface area contributed by atoms with Crippen molar-refractivity contribution >= 4 is 9.84 Å². The molecule has 0 aliphatic carbocycles. The van der Waals surface area contributed by atoms with Gasteiger partial charge in [0.25, 0.3) is 5.89 Å². The van der Waals surface area contributed by atoms with Crippen LogP contribution in [0.2, 0.25) is 0 Å². The van der Waals surface area contributed by atoms with Crippen LogP contribution in [0.15, 0.2) is 33.7 Å². The fourth-order valence-corrected chi connectivity index (χ4v) is 2.26. The van der Waals surface area contributed by atoms with Crippen molar-refractivity contribution in [2.75, 3.05) is 6.26 Å². The zero-order chi connectivity index (χ0) is 14.9. The molecule has 2 aromatic rings. The Hall–Kier alpha value is -1.73. The molecular formula is C13H17N3O3S. The van der Waals surface area contributed by atoms with Gasteiger partial charge in [-0.3, -0.25) is 0 Å². The van der Waals surface area contributed by atoms with Gasteiger partial charge in [-0.2, -0.15) is 4.98 Å². The fraction of sp³-hybridized carbons (Fsp3) is 0.385. The smallest absolute Gasteiger partial charge is 0.257 e. The van der Waals surface area contributed by atoms with E-state index < -0.39 is 9.84 Å². The normalized spacial score (nSPS) is 13.7. The van der Waals surface area contributed by atoms with Crippen molar-refractivity contribution in [3.63, 3.8) is 0 Å². The van der Waals surface area contributed by atoms with Crippen molar-refractivity contribution in [2.45, 2.75) is 24.8 Å². The summed E-state index contributed by atoms with van der Waals surface area (Å²) in [5, 5.41) is 3.86. The topological polar surface area (TPSA) is 99.1 Å². The highest BCUT2D eigenvalue weighted by atomic mass is 32.2. The van der Waals surface area contributed by atoms with E-state index in [4.69, 9.17) is 10.3 Å². The third-order valence-corrected chi connectivity index (χ3v) is 4.12. The van der Waals surface area contributed by atoms with Gasteiger partial charge >= 0.3 is 0 Å². The molecule has 1 aromatic heterocycles. The molecular weight excluding hydrogens is 278 g/mol. The van der Waals surface area contributed by atoms with E-state index in [1.165, 1.54) is 12.1 Å². The molecule has 1 unspecified atom stereocenters. The number of sulfone groups is 1. The van der Waals surface area contributed by atoms with E-state index in [9.17, 15) is 8.42 Å². The summed E-state index contributed by atoms with van der Waals surface area (Å²) >= 11 is 0. The standard InChI is InChI=1S/C13H17N3O3S/c1-8(2)11(14)12-15-13(19-16-12)9-4-6-10(7-5-9)20(3,17)18/h4-8,11H,14H2,1-3H3. The van der Waals surface area contributed by atoms with Crippen LogP contribution in [-0.4, -0.2) is 24.8 Å². The highest BCUT2D eigenvalue weighted by Crippen LogP contribution is 2.22. The van der Waals surface area contributed by atoms with E-state index in [1.54, 1.807) is 12.1 Å². The van der Waals surface area contributed by atoms with E-state index in [2.05, 4.69) is 10.1 Å². The Bertz CT molecular complexity index is 690. The van der Waals surface area contributed by atoms with Crippen LogP contribution in [0.25, 0.3) is 11.5 Å². The van der Waals surface area contributed by atoms with Gasteiger partial charge in [0.2, 0.25) is 0 Å². The minimum absolute atomic E-state index is 0.202. The highest BCUT2D eigenvalue weighted by Gasteiger charge is 2.18. The molecule has 1 heterocycles. The first-order chi connectivity index (χ1) is 9.29. The maximum Gasteiger partial charge on any atom is 0.257 e. The van der Waals surface area contributed by atoms with Crippen LogP contribution in [-0.2, 0) is 9.84 Å². The maximum absolute atomic E-state index is 11.4. The van der Waals surface area contributed by atoms with Crippen LogP contribution in [0.4, 0.5) is 0 Å². The minimum Gasteiger partial charge on any atom is -0.334 e. The van der Waals surface area contributed by atoms with Crippen molar-refractivity contribution in [3.05, 3.63) is 30.1 Å². The van der Waals surface area contributed by atoms with Gasteiger partial charge in [-0.05, 0) is 30.2 Å². The molecule has 0 amide bonds. The second kappa shape index (κ2) is 5.34. The quantitative estimate of drug-likeness (QED) is 0.923. The molecule has 0 spiro atoms. The van der Waals surface area contributed by atoms with Gasteiger partial charge < -0.3 is 10.3 Å². The second-order valence-corrected chi connectivity index (χ2v) is 7.04. The van der Waals surface area contributed by atoms with Gasteiger partial charge in [0.1, 0.15) is 0 Å². The summed E-state index contributed by atoms with van der Waals surface area (Å²) in [5.74, 6) is 0.978. The molecule has 0 saturated carbocycles. The first-order valence-electron chi connectivity index (χ1n) is 6.18. The van der Waals surface area contributed by atoms with Crippen LogP contribution >= 0.6 is 0 Å². The summed E-state index contributed by atoms with van der Waals surface area (Å²) in [6.07, 6.45) is 1.16. The molecule has 6 nitrogen and oxygen atoms in total. The van der Waals surface area contributed by atoms with Gasteiger partial charge in [-0.25, -0.2) is 8.42 Å². The third kappa shape index (κ3) is 3.05. The Morgan fingerprint density at radius 3 is 2.30 bits per heavy atom. The van der Waals surface area contributed by atoms with Crippen molar-refractivity contribution in [1.29, 1.82) is 0 Å². The predicted octanol–water partition coefficient (Wildman–Crippen LogP) is 1.80. The molecule has 0 saturated heterocycles. The first kappa shape index (κ1) is 14.7. The molecule has 0 aliphatic heterocycles. The average Bonchev–Trinajstić information content (AvgIpc) is 2.86. The lowest BCUT2D eigenvalue weighted by Gasteiger charge is -2.09. The Kier molecular flexibility index (Phi) is 3.92. The van der Waals surface area contributed by atoms with Crippen LogP contribution in [0.3, 0.4) is 0 Å². The first-order valence-corrected chi connectivity index (χ1v) is 8.08. The molecule has 0 radical (unpaired) electrons. The average molecular weight is 295 g/mol. The molecule has 1 aromatic carbocycles. The molecule has 1 atom stereocenters. The number of aromatic nitrogens is 2. The maximum atomic E-state index is 11.4. The van der Waals surface area contributed by atoms with Crippen LogP contribution in [0, 0.1) is 5.92 Å². The van der Waals surface area contributed by atoms with Gasteiger partial charge in [0.05, 0.1) is 10.9 Å². The zero-order valence-corrected chi connectivity index (χ0v) is 12.4. The second-order valence-electron chi connectivity index (χ2n) is 5.02. The SMILES string of the molecule is CC(C)C(N)c1noc(-c2ccc(S(C)(=O)=O)cc2)n1. The third-order valence-electron chi connectivity index (χ3n) is 2.99. The van der Waals surface area contributed by atoms with E-state index in [0.29, 0.717) is 17.3 Å². The predicted molar refractivity (Wildman–Crippen MR) is 74.6 cm³/mol. The summed E-state index contributed by atoms with van der Waals surface area (Å²) < 4.78 is 27.9. The number of rotatable bonds is 4. The molecule has 2 rings (SSSR count). The Balaban J connectivity index is 2.29. The van der Waals surface area contributed by atoms with Gasteiger partial charge in [0.15, 0.2) is 15.7 Å². The Morgan fingerprint density at radius 2 is 1.80 bits per heavy atom. The van der Waals surface area contributed by atoms with Crippen molar-refractivity contribution in [2.24, 2.45) is 11.7 Å². The number of hydrogen-bond donors (Lipinski definition) is 1. The lowest BCUT2D eigenvalue weighted by Crippen LogP contribution is -2.18. The fourth-order valence-electron chi connectivity index (χ4n) is 1.63. The van der Waals surface area contributed by atoms with E-state index in [1.807, 2.05) is 13.8 Å². The van der Waals surface area contributed by atoms with E-state index >= 15 is 0 Å². The molecule has 0 fully saturated rings. The highest BCUT2D eigenvalue weighted by molar-refractivity contribution is 7.90. The van der Waals surface area contributed by atoms with E-state index in [0.717, 1.165) is 6.26 Å². The van der Waals surface area contributed by atoms with Crippen LogP contribution in [0.1, 0.15) is 25.7 Å². The zero-order valence-electron chi connectivity index (χ0n) is 11.6.